The third-order valence-electron chi connectivity index (χ3n) is 4.51. The van der Waals surface area contributed by atoms with Crippen LogP contribution in [0.15, 0.2) is 36.4 Å². The summed E-state index contributed by atoms with van der Waals surface area (Å²) < 4.78 is 7.04. The highest BCUT2D eigenvalue weighted by atomic mass is 35.5. The van der Waals surface area contributed by atoms with Gasteiger partial charge in [-0.15, -0.1) is 0 Å². The van der Waals surface area contributed by atoms with Crippen molar-refractivity contribution in [3.63, 3.8) is 0 Å². The molecular formula is C19H15Cl3N2O2S. The molecule has 140 valence electrons. The molecule has 27 heavy (non-hydrogen) atoms. The number of amides is 1. The second-order valence-electron chi connectivity index (χ2n) is 6.30. The van der Waals surface area contributed by atoms with Crippen LogP contribution in [0.2, 0.25) is 15.1 Å². The Hall–Kier alpha value is -1.53. The number of thiazole rings is 1. The topological polar surface area (TPSA) is 42.4 Å². The van der Waals surface area contributed by atoms with Gasteiger partial charge in [-0.05, 0) is 30.3 Å². The maximum Gasteiger partial charge on any atom is 0.274 e. The lowest BCUT2D eigenvalue weighted by molar-refractivity contribution is 0.0595. The van der Waals surface area contributed by atoms with E-state index in [1.165, 1.54) is 11.3 Å². The Balaban J connectivity index is 1.40. The number of hydrogen-bond donors (Lipinski definition) is 0. The van der Waals surface area contributed by atoms with E-state index in [1.54, 1.807) is 23.1 Å². The van der Waals surface area contributed by atoms with Crippen molar-refractivity contribution >= 4 is 62.3 Å². The average molecular weight is 442 g/mol. The number of fused-ring (bicyclic) bond motifs is 1. The van der Waals surface area contributed by atoms with E-state index in [9.17, 15) is 4.79 Å². The van der Waals surface area contributed by atoms with Crippen molar-refractivity contribution in [1.82, 2.24) is 9.88 Å². The van der Waals surface area contributed by atoms with E-state index in [0.29, 0.717) is 38.9 Å². The fourth-order valence-corrected chi connectivity index (χ4v) is 4.65. The van der Waals surface area contributed by atoms with Crippen molar-refractivity contribution < 1.29 is 9.53 Å². The van der Waals surface area contributed by atoms with E-state index in [2.05, 4.69) is 4.98 Å². The molecule has 0 radical (unpaired) electrons. The van der Waals surface area contributed by atoms with Crippen molar-refractivity contribution in [2.24, 2.45) is 0 Å². The van der Waals surface area contributed by atoms with Crippen LogP contribution in [-0.2, 0) is 0 Å². The minimum atomic E-state index is -0.104. The minimum absolute atomic E-state index is 0.0169. The second-order valence-corrected chi connectivity index (χ2v) is 8.54. The van der Waals surface area contributed by atoms with Crippen molar-refractivity contribution in [2.45, 2.75) is 18.9 Å². The van der Waals surface area contributed by atoms with Gasteiger partial charge in [0, 0.05) is 31.0 Å². The SMILES string of the molecule is O=C(c1cc(Cl)ccc1Cl)N1CCC(Oc2nc3c(Cl)cccc3s2)CC1. The van der Waals surface area contributed by atoms with Crippen LogP contribution >= 0.6 is 46.1 Å². The number of piperidine rings is 1. The molecule has 0 atom stereocenters. The average Bonchev–Trinajstić information content (AvgIpc) is 3.08. The normalized spacial score (nSPS) is 15.3. The Kier molecular flexibility index (Phi) is 5.46. The molecule has 4 nitrogen and oxygen atoms in total. The van der Waals surface area contributed by atoms with Crippen molar-refractivity contribution in [2.75, 3.05) is 13.1 Å². The van der Waals surface area contributed by atoms with Crippen molar-refractivity contribution in [3.8, 4) is 5.19 Å². The smallest absolute Gasteiger partial charge is 0.274 e. The second kappa shape index (κ2) is 7.84. The number of hydrogen-bond acceptors (Lipinski definition) is 4. The lowest BCUT2D eigenvalue weighted by Gasteiger charge is -2.31. The molecular weight excluding hydrogens is 427 g/mol. The number of benzene rings is 2. The Labute approximate surface area is 175 Å². The Morgan fingerprint density at radius 2 is 1.89 bits per heavy atom. The predicted molar refractivity (Wildman–Crippen MR) is 111 cm³/mol. The molecule has 1 amide bonds. The predicted octanol–water partition coefficient (Wildman–Crippen LogP) is 5.94. The van der Waals surface area contributed by atoms with Gasteiger partial charge in [-0.1, -0.05) is 52.2 Å². The summed E-state index contributed by atoms with van der Waals surface area (Å²) in [6.07, 6.45) is 1.48. The number of ether oxygens (including phenoxy) is 1. The summed E-state index contributed by atoms with van der Waals surface area (Å²) >= 11 is 19.8. The minimum Gasteiger partial charge on any atom is -0.467 e. The maximum absolute atomic E-state index is 12.7. The van der Waals surface area contributed by atoms with Gasteiger partial charge in [0.05, 0.1) is 20.3 Å². The van der Waals surface area contributed by atoms with Crippen LogP contribution in [0, 0.1) is 0 Å². The van der Waals surface area contributed by atoms with Crippen molar-refractivity contribution in [1.29, 1.82) is 0 Å². The first-order valence-corrected chi connectivity index (χ1v) is 10.4. The first-order valence-electron chi connectivity index (χ1n) is 8.47. The van der Waals surface area contributed by atoms with Gasteiger partial charge in [0.2, 0.25) is 0 Å². The van der Waals surface area contributed by atoms with E-state index in [1.807, 2.05) is 18.2 Å². The highest BCUT2D eigenvalue weighted by Gasteiger charge is 2.26. The van der Waals surface area contributed by atoms with Gasteiger partial charge in [0.1, 0.15) is 11.6 Å². The zero-order valence-corrected chi connectivity index (χ0v) is 17.2. The quantitative estimate of drug-likeness (QED) is 0.505. The number of rotatable bonds is 3. The number of carbonyl (C=O) groups excluding carboxylic acids is 1. The van der Waals surface area contributed by atoms with Gasteiger partial charge in [-0.2, -0.15) is 0 Å². The van der Waals surface area contributed by atoms with Crippen LogP contribution in [0.3, 0.4) is 0 Å². The number of carbonyl (C=O) groups is 1. The van der Waals surface area contributed by atoms with Gasteiger partial charge in [0.15, 0.2) is 0 Å². The van der Waals surface area contributed by atoms with Crippen LogP contribution in [0.25, 0.3) is 10.2 Å². The summed E-state index contributed by atoms with van der Waals surface area (Å²) in [7, 11) is 0. The lowest BCUT2D eigenvalue weighted by atomic mass is 10.1. The summed E-state index contributed by atoms with van der Waals surface area (Å²) in [5.41, 5.74) is 1.20. The van der Waals surface area contributed by atoms with Gasteiger partial charge in [-0.3, -0.25) is 4.79 Å². The summed E-state index contributed by atoms with van der Waals surface area (Å²) in [6, 6.07) is 10.6. The molecule has 0 spiro atoms. The molecule has 1 fully saturated rings. The zero-order chi connectivity index (χ0) is 19.0. The Morgan fingerprint density at radius 3 is 2.63 bits per heavy atom. The van der Waals surface area contributed by atoms with E-state index in [-0.39, 0.29) is 12.0 Å². The molecule has 2 aromatic carbocycles. The van der Waals surface area contributed by atoms with Crippen LogP contribution in [0.1, 0.15) is 23.2 Å². The van der Waals surface area contributed by atoms with E-state index >= 15 is 0 Å². The molecule has 1 aromatic heterocycles. The standard InChI is InChI=1S/C19H15Cl3N2O2S/c20-11-4-5-14(21)13(10-11)18(25)24-8-6-12(7-9-24)26-19-23-17-15(22)2-1-3-16(17)27-19/h1-5,10,12H,6-9H2. The van der Waals surface area contributed by atoms with Gasteiger partial charge in [-0.25, -0.2) is 4.98 Å². The van der Waals surface area contributed by atoms with Crippen LogP contribution < -0.4 is 4.74 Å². The fourth-order valence-electron chi connectivity index (χ4n) is 3.10. The maximum atomic E-state index is 12.7. The Bertz CT molecular complexity index is 1000. The summed E-state index contributed by atoms with van der Waals surface area (Å²) in [5.74, 6) is -0.104. The van der Waals surface area contributed by atoms with E-state index in [4.69, 9.17) is 39.5 Å². The van der Waals surface area contributed by atoms with E-state index in [0.717, 1.165) is 23.1 Å². The fraction of sp³-hybridized carbons (Fsp3) is 0.263. The molecule has 1 aliphatic rings. The van der Waals surface area contributed by atoms with Crippen LogP contribution in [0.5, 0.6) is 5.19 Å². The Morgan fingerprint density at radius 1 is 1.11 bits per heavy atom. The molecule has 0 aliphatic carbocycles. The summed E-state index contributed by atoms with van der Waals surface area (Å²) in [5, 5.41) is 2.14. The third-order valence-corrected chi connectivity index (χ3v) is 6.29. The number of aromatic nitrogens is 1. The van der Waals surface area contributed by atoms with Crippen LogP contribution in [-0.4, -0.2) is 35.0 Å². The van der Waals surface area contributed by atoms with E-state index < -0.39 is 0 Å². The molecule has 1 aliphatic heterocycles. The largest absolute Gasteiger partial charge is 0.467 e. The van der Waals surface area contributed by atoms with Crippen molar-refractivity contribution in [3.05, 3.63) is 57.0 Å². The molecule has 0 bridgehead atoms. The zero-order valence-electron chi connectivity index (χ0n) is 14.1. The number of halogens is 3. The lowest BCUT2D eigenvalue weighted by Crippen LogP contribution is -2.41. The van der Waals surface area contributed by atoms with Crippen LogP contribution in [0.4, 0.5) is 0 Å². The monoisotopic (exact) mass is 440 g/mol. The van der Waals surface area contributed by atoms with Gasteiger partial charge < -0.3 is 9.64 Å². The van der Waals surface area contributed by atoms with Gasteiger partial charge in [0.25, 0.3) is 11.1 Å². The number of likely N-dealkylation sites (tertiary alicyclic amines) is 1. The molecule has 4 rings (SSSR count). The van der Waals surface area contributed by atoms with Gasteiger partial charge >= 0.3 is 0 Å². The number of para-hydroxylation sites is 1. The first kappa shape index (κ1) is 18.8. The highest BCUT2D eigenvalue weighted by molar-refractivity contribution is 7.20. The molecule has 0 saturated carbocycles. The summed E-state index contributed by atoms with van der Waals surface area (Å²) in [4.78, 5) is 19.0. The number of nitrogens with zero attached hydrogens (tertiary/aromatic N) is 2. The molecule has 1 saturated heterocycles. The summed E-state index contributed by atoms with van der Waals surface area (Å²) in [6.45, 7) is 1.19. The highest BCUT2D eigenvalue weighted by Crippen LogP contribution is 2.33. The molecule has 2 heterocycles. The molecule has 0 unspecified atom stereocenters. The molecule has 3 aromatic rings. The molecule has 8 heteroatoms. The third kappa shape index (κ3) is 4.02. The molecule has 0 N–H and O–H groups in total. The first-order chi connectivity index (χ1) is 13.0.